The molecule has 102 valence electrons. The van der Waals surface area contributed by atoms with Gasteiger partial charge in [0.15, 0.2) is 0 Å². The molecule has 6 nitrogen and oxygen atoms in total. The van der Waals surface area contributed by atoms with E-state index in [-0.39, 0.29) is 5.28 Å². The van der Waals surface area contributed by atoms with E-state index in [2.05, 4.69) is 46.1 Å². The molecule has 0 bridgehead atoms. The van der Waals surface area contributed by atoms with Gasteiger partial charge >= 0.3 is 0 Å². The fraction of sp³-hybridized carbons (Fsp3) is 0.727. The Balaban J connectivity index is 2.57. The van der Waals surface area contributed by atoms with E-state index >= 15 is 0 Å². The molecule has 0 unspecified atom stereocenters. The zero-order chi connectivity index (χ0) is 13.7. The Bertz CT molecular complexity index is 382. The Hall–Kier alpha value is -1.14. The summed E-state index contributed by atoms with van der Waals surface area (Å²) in [7, 11) is 5.81. The molecule has 0 radical (unpaired) electrons. The molecule has 0 saturated carbocycles. The Morgan fingerprint density at radius 1 is 1.17 bits per heavy atom. The van der Waals surface area contributed by atoms with Gasteiger partial charge in [0.2, 0.25) is 17.2 Å². The molecular formula is C11H21ClN6. The molecule has 18 heavy (non-hydrogen) atoms. The first kappa shape index (κ1) is 14.9. The van der Waals surface area contributed by atoms with Crippen molar-refractivity contribution in [2.24, 2.45) is 0 Å². The van der Waals surface area contributed by atoms with Crippen LogP contribution in [0.1, 0.15) is 13.8 Å². The van der Waals surface area contributed by atoms with Crippen LogP contribution in [0.5, 0.6) is 0 Å². The van der Waals surface area contributed by atoms with E-state index in [1.54, 1.807) is 4.90 Å². The molecule has 0 aromatic carbocycles. The lowest BCUT2D eigenvalue weighted by molar-refractivity contribution is 0.284. The molecule has 7 heteroatoms. The molecule has 1 rings (SSSR count). The van der Waals surface area contributed by atoms with Crippen LogP contribution in [0, 0.1) is 0 Å². The zero-order valence-electron chi connectivity index (χ0n) is 11.6. The smallest absolute Gasteiger partial charge is 0.230 e. The minimum absolute atomic E-state index is 0.202. The van der Waals surface area contributed by atoms with E-state index < -0.39 is 0 Å². The molecule has 0 aliphatic rings. The van der Waals surface area contributed by atoms with Crippen LogP contribution in [-0.2, 0) is 0 Å². The standard InChI is InChI=1S/C11H21ClN6/c1-8(2)18(5)7-6-13-10-14-9(12)15-11(16-10)17(3)4/h8H,6-7H2,1-5H3,(H,13,14,15,16). The molecular weight excluding hydrogens is 252 g/mol. The van der Waals surface area contributed by atoms with Crippen molar-refractivity contribution in [1.29, 1.82) is 0 Å². The maximum atomic E-state index is 5.85. The van der Waals surface area contributed by atoms with Gasteiger partial charge in [-0.2, -0.15) is 15.0 Å². The van der Waals surface area contributed by atoms with E-state index in [0.29, 0.717) is 17.9 Å². The summed E-state index contributed by atoms with van der Waals surface area (Å²) in [5.41, 5.74) is 0. The molecule has 0 aliphatic carbocycles. The van der Waals surface area contributed by atoms with Gasteiger partial charge in [-0.25, -0.2) is 0 Å². The molecule has 0 atom stereocenters. The van der Waals surface area contributed by atoms with Gasteiger partial charge < -0.3 is 15.1 Å². The number of nitrogens with zero attached hydrogens (tertiary/aromatic N) is 5. The second-order valence-corrected chi connectivity index (χ2v) is 4.96. The van der Waals surface area contributed by atoms with E-state index in [1.165, 1.54) is 0 Å². The number of likely N-dealkylation sites (N-methyl/N-ethyl adjacent to an activating group) is 1. The fourth-order valence-corrected chi connectivity index (χ4v) is 1.38. The van der Waals surface area contributed by atoms with Crippen LogP contribution in [0.2, 0.25) is 5.28 Å². The number of hydrogen-bond donors (Lipinski definition) is 1. The van der Waals surface area contributed by atoms with Crippen molar-refractivity contribution in [1.82, 2.24) is 19.9 Å². The SMILES string of the molecule is CC(C)N(C)CCNc1nc(Cl)nc(N(C)C)n1. The van der Waals surface area contributed by atoms with Gasteiger partial charge in [-0.15, -0.1) is 0 Å². The topological polar surface area (TPSA) is 57.2 Å². The summed E-state index contributed by atoms with van der Waals surface area (Å²) in [5, 5.41) is 3.35. The van der Waals surface area contributed by atoms with Crippen LogP contribution in [-0.4, -0.2) is 60.1 Å². The van der Waals surface area contributed by atoms with Gasteiger partial charge in [-0.1, -0.05) is 0 Å². The Morgan fingerprint density at radius 3 is 2.39 bits per heavy atom. The van der Waals surface area contributed by atoms with E-state index in [0.717, 1.165) is 13.1 Å². The van der Waals surface area contributed by atoms with Crippen molar-refractivity contribution in [3.63, 3.8) is 0 Å². The third-order valence-corrected chi connectivity index (χ3v) is 2.79. The van der Waals surface area contributed by atoms with Crippen LogP contribution < -0.4 is 10.2 Å². The lowest BCUT2D eigenvalue weighted by Crippen LogP contribution is -2.31. The van der Waals surface area contributed by atoms with Gasteiger partial charge in [0.25, 0.3) is 0 Å². The van der Waals surface area contributed by atoms with Crippen LogP contribution in [0.4, 0.5) is 11.9 Å². The molecule has 0 fully saturated rings. The largest absolute Gasteiger partial charge is 0.353 e. The van der Waals surface area contributed by atoms with Crippen molar-refractivity contribution >= 4 is 23.5 Å². The number of nitrogens with one attached hydrogen (secondary N) is 1. The number of hydrogen-bond acceptors (Lipinski definition) is 6. The van der Waals surface area contributed by atoms with Gasteiger partial charge in [-0.05, 0) is 32.5 Å². The molecule has 0 saturated heterocycles. The second kappa shape index (κ2) is 6.70. The highest BCUT2D eigenvalue weighted by atomic mass is 35.5. The highest BCUT2D eigenvalue weighted by Gasteiger charge is 2.07. The van der Waals surface area contributed by atoms with Crippen LogP contribution in [0.25, 0.3) is 0 Å². The van der Waals surface area contributed by atoms with Crippen LogP contribution >= 0.6 is 11.6 Å². The second-order valence-electron chi connectivity index (χ2n) is 4.62. The van der Waals surface area contributed by atoms with Gasteiger partial charge in [-0.3, -0.25) is 0 Å². The molecule has 0 aliphatic heterocycles. The Labute approximate surface area is 113 Å². The quantitative estimate of drug-likeness (QED) is 0.844. The molecule has 1 aromatic heterocycles. The summed E-state index contributed by atoms with van der Waals surface area (Å²) < 4.78 is 0. The zero-order valence-corrected chi connectivity index (χ0v) is 12.4. The third kappa shape index (κ3) is 4.62. The van der Waals surface area contributed by atoms with Crippen molar-refractivity contribution in [3.05, 3.63) is 5.28 Å². The predicted molar refractivity (Wildman–Crippen MR) is 75.4 cm³/mol. The van der Waals surface area contributed by atoms with Crippen molar-refractivity contribution < 1.29 is 0 Å². The lowest BCUT2D eigenvalue weighted by atomic mass is 10.3. The first-order valence-corrected chi connectivity index (χ1v) is 6.31. The summed E-state index contributed by atoms with van der Waals surface area (Å²) in [5.74, 6) is 1.06. The average Bonchev–Trinajstić information content (AvgIpc) is 2.27. The maximum absolute atomic E-state index is 5.85. The van der Waals surface area contributed by atoms with Gasteiger partial charge in [0.05, 0.1) is 0 Å². The molecule has 0 amide bonds. The Morgan fingerprint density at radius 2 is 1.83 bits per heavy atom. The summed E-state index contributed by atoms with van der Waals surface area (Å²) in [4.78, 5) is 16.4. The van der Waals surface area contributed by atoms with Gasteiger partial charge in [0.1, 0.15) is 0 Å². The molecule has 1 heterocycles. The number of halogens is 1. The monoisotopic (exact) mass is 272 g/mol. The summed E-state index contributed by atoms with van der Waals surface area (Å²) in [6.45, 7) is 5.99. The maximum Gasteiger partial charge on any atom is 0.230 e. The molecule has 1 N–H and O–H groups in total. The van der Waals surface area contributed by atoms with E-state index in [1.807, 2.05) is 14.1 Å². The normalized spacial score (nSPS) is 11.1. The Kier molecular flexibility index (Phi) is 5.55. The minimum Gasteiger partial charge on any atom is -0.353 e. The molecule has 1 aromatic rings. The lowest BCUT2D eigenvalue weighted by Gasteiger charge is -2.21. The van der Waals surface area contributed by atoms with Crippen molar-refractivity contribution in [2.75, 3.05) is 44.4 Å². The third-order valence-electron chi connectivity index (χ3n) is 2.63. The highest BCUT2D eigenvalue weighted by molar-refractivity contribution is 6.28. The number of rotatable bonds is 6. The van der Waals surface area contributed by atoms with Crippen molar-refractivity contribution in [2.45, 2.75) is 19.9 Å². The highest BCUT2D eigenvalue weighted by Crippen LogP contribution is 2.11. The fourth-order valence-electron chi connectivity index (χ4n) is 1.22. The van der Waals surface area contributed by atoms with Crippen LogP contribution in [0.15, 0.2) is 0 Å². The number of anilines is 2. The van der Waals surface area contributed by atoms with Crippen LogP contribution in [0.3, 0.4) is 0 Å². The molecule has 0 spiro atoms. The minimum atomic E-state index is 0.202. The first-order chi connectivity index (χ1) is 8.40. The first-order valence-electron chi connectivity index (χ1n) is 5.93. The van der Waals surface area contributed by atoms with E-state index in [4.69, 9.17) is 11.6 Å². The summed E-state index contributed by atoms with van der Waals surface area (Å²) in [6.07, 6.45) is 0. The predicted octanol–water partition coefficient (Wildman–Crippen LogP) is 1.34. The summed E-state index contributed by atoms with van der Waals surface area (Å²) in [6, 6.07) is 0.520. The van der Waals surface area contributed by atoms with Gasteiger partial charge in [0, 0.05) is 33.2 Å². The number of aromatic nitrogens is 3. The summed E-state index contributed by atoms with van der Waals surface area (Å²) >= 11 is 5.85. The van der Waals surface area contributed by atoms with E-state index in [9.17, 15) is 0 Å². The van der Waals surface area contributed by atoms with Crippen molar-refractivity contribution in [3.8, 4) is 0 Å². The average molecular weight is 273 g/mol.